The van der Waals surface area contributed by atoms with Gasteiger partial charge in [-0.15, -0.1) is 0 Å². The number of likely N-dealkylation sites (tertiary alicyclic amines) is 1. The van der Waals surface area contributed by atoms with Gasteiger partial charge in [0, 0.05) is 43.3 Å². The van der Waals surface area contributed by atoms with Crippen molar-refractivity contribution in [2.45, 2.75) is 31.5 Å². The Bertz CT molecular complexity index is 1170. The van der Waals surface area contributed by atoms with Crippen LogP contribution in [0.3, 0.4) is 0 Å². The summed E-state index contributed by atoms with van der Waals surface area (Å²) in [4.78, 5) is 33.1. The Morgan fingerprint density at radius 2 is 1.89 bits per heavy atom. The molecule has 0 N–H and O–H groups in total. The molecule has 1 atom stereocenters. The molecule has 3 aromatic rings. The average Bonchev–Trinajstić information content (AvgIpc) is 3.54. The summed E-state index contributed by atoms with van der Waals surface area (Å²) in [7, 11) is 1.61. The molecule has 2 aromatic heterocycles. The first-order valence-corrected chi connectivity index (χ1v) is 12.0. The van der Waals surface area contributed by atoms with E-state index in [1.807, 2.05) is 47.4 Å². The van der Waals surface area contributed by atoms with E-state index in [9.17, 15) is 9.59 Å². The third-order valence-corrected chi connectivity index (χ3v) is 6.55. The van der Waals surface area contributed by atoms with Crippen molar-refractivity contribution < 1.29 is 23.8 Å². The zero-order chi connectivity index (χ0) is 24.9. The predicted molar refractivity (Wildman–Crippen MR) is 131 cm³/mol. The first-order valence-electron chi connectivity index (χ1n) is 12.0. The Labute approximate surface area is 209 Å². The normalized spacial score (nSPS) is 18.2. The van der Waals surface area contributed by atoms with Crippen LogP contribution in [0.2, 0.25) is 0 Å². The molecule has 2 fully saturated rings. The van der Waals surface area contributed by atoms with Gasteiger partial charge in [0.25, 0.3) is 0 Å². The lowest BCUT2D eigenvalue weighted by Gasteiger charge is -2.35. The van der Waals surface area contributed by atoms with E-state index >= 15 is 0 Å². The van der Waals surface area contributed by atoms with Gasteiger partial charge in [0.05, 0.1) is 19.3 Å². The molecule has 0 bridgehead atoms. The Kier molecular flexibility index (Phi) is 7.01. The second-order valence-corrected chi connectivity index (χ2v) is 8.90. The second kappa shape index (κ2) is 10.7. The molecule has 5 rings (SSSR count). The fourth-order valence-corrected chi connectivity index (χ4v) is 4.57. The molecule has 10 heteroatoms. The molecule has 36 heavy (non-hydrogen) atoms. The SMILES string of the molecule is COc1ccc(OCC2CN(C3CCN(C(=O)Cn4ccc(-c5cccnc5)n4)CC3)C(=O)O2)cc1. The predicted octanol–water partition coefficient (Wildman–Crippen LogP) is 2.84. The number of ether oxygens (including phenoxy) is 3. The molecule has 2 saturated heterocycles. The van der Waals surface area contributed by atoms with Crippen molar-refractivity contribution in [3.8, 4) is 22.8 Å². The van der Waals surface area contributed by atoms with Gasteiger partial charge < -0.3 is 24.0 Å². The van der Waals surface area contributed by atoms with E-state index in [0.717, 1.165) is 17.0 Å². The van der Waals surface area contributed by atoms with Gasteiger partial charge in [0.2, 0.25) is 5.91 Å². The highest BCUT2D eigenvalue weighted by Gasteiger charge is 2.38. The highest BCUT2D eigenvalue weighted by molar-refractivity contribution is 5.76. The molecular formula is C26H29N5O5. The van der Waals surface area contributed by atoms with Crippen LogP contribution in [0.25, 0.3) is 11.3 Å². The van der Waals surface area contributed by atoms with Crippen LogP contribution in [0.15, 0.2) is 61.1 Å². The molecule has 0 saturated carbocycles. The zero-order valence-corrected chi connectivity index (χ0v) is 20.2. The molecule has 10 nitrogen and oxygen atoms in total. The first kappa shape index (κ1) is 23.7. The number of amides is 2. The van der Waals surface area contributed by atoms with Crippen LogP contribution < -0.4 is 9.47 Å². The zero-order valence-electron chi connectivity index (χ0n) is 20.2. The lowest BCUT2D eigenvalue weighted by atomic mass is 10.0. The molecule has 0 spiro atoms. The summed E-state index contributed by atoms with van der Waals surface area (Å²) in [6.45, 7) is 2.14. The Balaban J connectivity index is 1.08. The van der Waals surface area contributed by atoms with Crippen molar-refractivity contribution in [1.29, 1.82) is 0 Å². The first-order chi connectivity index (χ1) is 17.6. The highest BCUT2D eigenvalue weighted by Crippen LogP contribution is 2.24. The molecule has 2 aliphatic rings. The van der Waals surface area contributed by atoms with Crippen LogP contribution in [-0.4, -0.2) is 82.1 Å². The number of methoxy groups -OCH3 is 1. The third kappa shape index (κ3) is 5.42. The van der Waals surface area contributed by atoms with Crippen molar-refractivity contribution in [3.05, 3.63) is 61.1 Å². The molecule has 2 aliphatic heterocycles. The van der Waals surface area contributed by atoms with E-state index in [2.05, 4.69) is 10.1 Å². The van der Waals surface area contributed by atoms with Gasteiger partial charge in [-0.25, -0.2) is 4.79 Å². The number of hydrogen-bond donors (Lipinski definition) is 0. The van der Waals surface area contributed by atoms with Crippen molar-refractivity contribution in [2.75, 3.05) is 33.4 Å². The molecule has 2 amide bonds. The summed E-state index contributed by atoms with van der Waals surface area (Å²) in [5.41, 5.74) is 1.70. The summed E-state index contributed by atoms with van der Waals surface area (Å²) in [5.74, 6) is 1.47. The molecular weight excluding hydrogens is 462 g/mol. The number of piperidine rings is 1. The van der Waals surface area contributed by atoms with E-state index in [4.69, 9.17) is 14.2 Å². The third-order valence-electron chi connectivity index (χ3n) is 6.55. The highest BCUT2D eigenvalue weighted by atomic mass is 16.6. The van der Waals surface area contributed by atoms with E-state index in [-0.39, 0.29) is 37.3 Å². The topological polar surface area (TPSA) is 99.0 Å². The van der Waals surface area contributed by atoms with Gasteiger partial charge in [-0.1, -0.05) is 0 Å². The molecule has 0 radical (unpaired) electrons. The maximum absolute atomic E-state index is 12.8. The average molecular weight is 492 g/mol. The summed E-state index contributed by atoms with van der Waals surface area (Å²) >= 11 is 0. The van der Waals surface area contributed by atoms with Gasteiger partial charge in [-0.05, 0) is 55.3 Å². The maximum atomic E-state index is 12.8. The Hall–Kier alpha value is -4.08. The molecule has 1 aromatic carbocycles. The number of cyclic esters (lactones) is 1. The molecule has 188 valence electrons. The van der Waals surface area contributed by atoms with Gasteiger partial charge in [-0.2, -0.15) is 5.10 Å². The van der Waals surface area contributed by atoms with Crippen LogP contribution in [0.1, 0.15) is 12.8 Å². The minimum Gasteiger partial charge on any atom is -0.497 e. The fraction of sp³-hybridized carbons (Fsp3) is 0.385. The van der Waals surface area contributed by atoms with Gasteiger partial charge in [-0.3, -0.25) is 14.5 Å². The minimum atomic E-state index is -0.326. The monoisotopic (exact) mass is 491 g/mol. The minimum absolute atomic E-state index is 0.0176. The van der Waals surface area contributed by atoms with Crippen molar-refractivity contribution in [3.63, 3.8) is 0 Å². The lowest BCUT2D eigenvalue weighted by Crippen LogP contribution is -2.48. The van der Waals surface area contributed by atoms with Crippen molar-refractivity contribution in [2.24, 2.45) is 0 Å². The number of hydrogen-bond acceptors (Lipinski definition) is 7. The van der Waals surface area contributed by atoms with Gasteiger partial charge >= 0.3 is 6.09 Å². The quantitative estimate of drug-likeness (QED) is 0.478. The van der Waals surface area contributed by atoms with E-state index in [1.54, 1.807) is 35.3 Å². The largest absolute Gasteiger partial charge is 0.497 e. The summed E-state index contributed by atoms with van der Waals surface area (Å²) in [6.07, 6.45) is 6.06. The van der Waals surface area contributed by atoms with Crippen molar-refractivity contribution in [1.82, 2.24) is 24.6 Å². The number of carbonyl (C=O) groups excluding carboxylic acids is 2. The fourth-order valence-electron chi connectivity index (χ4n) is 4.57. The van der Waals surface area contributed by atoms with Crippen molar-refractivity contribution >= 4 is 12.0 Å². The summed E-state index contributed by atoms with van der Waals surface area (Å²) in [5, 5.41) is 4.50. The number of carbonyl (C=O) groups is 2. The van der Waals surface area contributed by atoms with Crippen LogP contribution >= 0.6 is 0 Å². The van der Waals surface area contributed by atoms with E-state index in [1.165, 1.54) is 0 Å². The van der Waals surface area contributed by atoms with Crippen LogP contribution in [0.5, 0.6) is 11.5 Å². The van der Waals surface area contributed by atoms with Gasteiger partial charge in [0.1, 0.15) is 24.7 Å². The van der Waals surface area contributed by atoms with Crippen LogP contribution in [0.4, 0.5) is 4.79 Å². The van der Waals surface area contributed by atoms with E-state index < -0.39 is 0 Å². The Morgan fingerprint density at radius 3 is 2.61 bits per heavy atom. The number of nitrogens with zero attached hydrogens (tertiary/aromatic N) is 5. The molecule has 0 aliphatic carbocycles. The van der Waals surface area contributed by atoms with Crippen LogP contribution in [-0.2, 0) is 16.1 Å². The van der Waals surface area contributed by atoms with Gasteiger partial charge in [0.15, 0.2) is 6.10 Å². The molecule has 4 heterocycles. The smallest absolute Gasteiger partial charge is 0.410 e. The molecule has 1 unspecified atom stereocenters. The number of pyridine rings is 1. The lowest BCUT2D eigenvalue weighted by molar-refractivity contribution is -0.133. The van der Waals surface area contributed by atoms with Crippen LogP contribution in [0, 0.1) is 0 Å². The van der Waals surface area contributed by atoms with E-state index in [0.29, 0.717) is 38.2 Å². The summed E-state index contributed by atoms with van der Waals surface area (Å²) < 4.78 is 18.1. The number of aromatic nitrogens is 3. The second-order valence-electron chi connectivity index (χ2n) is 8.90. The number of benzene rings is 1. The Morgan fingerprint density at radius 1 is 1.11 bits per heavy atom. The standard InChI is InChI=1S/C26H29N5O5/c1-34-21-4-6-22(7-5-21)35-18-23-16-31(26(33)36-23)20-8-12-29(13-9-20)25(32)17-30-14-10-24(28-30)19-3-2-11-27-15-19/h2-7,10-11,14-15,20,23H,8-9,12-13,16-18H2,1H3. The maximum Gasteiger partial charge on any atom is 0.410 e. The number of rotatable bonds is 8. The summed E-state index contributed by atoms with van der Waals surface area (Å²) in [6, 6.07) is 13.0.